The molecule has 0 aliphatic heterocycles. The molecule has 0 saturated carbocycles. The van der Waals surface area contributed by atoms with Gasteiger partial charge in [0.2, 0.25) is 0 Å². The van der Waals surface area contributed by atoms with Crippen LogP contribution in [0.15, 0.2) is 88.1 Å². The lowest BCUT2D eigenvalue weighted by atomic mass is 10.1. The number of fused-ring (bicyclic) bond motifs is 1. The van der Waals surface area contributed by atoms with Crippen molar-refractivity contribution >= 4 is 16.9 Å². The van der Waals surface area contributed by atoms with E-state index >= 15 is 0 Å². The summed E-state index contributed by atoms with van der Waals surface area (Å²) in [5, 5.41) is 0.735. The first-order valence-electron chi connectivity index (χ1n) is 9.09. The second-order valence-electron chi connectivity index (χ2n) is 6.51. The van der Waals surface area contributed by atoms with Gasteiger partial charge in [-0.2, -0.15) is 0 Å². The number of benzene rings is 3. The zero-order valence-electron chi connectivity index (χ0n) is 15.8. The zero-order chi connectivity index (χ0) is 20.2. The first-order valence-corrected chi connectivity index (χ1v) is 9.09. The van der Waals surface area contributed by atoms with Crippen LogP contribution in [0, 0.1) is 0 Å². The minimum Gasteiger partial charge on any atom is -0.497 e. The molecule has 4 aromatic rings. The number of carbonyl (C=O) groups is 1. The Balaban J connectivity index is 1.58. The minimum atomic E-state index is -0.463. The molecule has 0 saturated heterocycles. The first-order chi connectivity index (χ1) is 14.1. The molecule has 0 radical (unpaired) electrons. The van der Waals surface area contributed by atoms with E-state index in [0.29, 0.717) is 22.6 Å². The van der Waals surface area contributed by atoms with E-state index in [2.05, 4.69) is 0 Å². The van der Waals surface area contributed by atoms with Crippen molar-refractivity contribution in [3.63, 3.8) is 0 Å². The van der Waals surface area contributed by atoms with Crippen molar-refractivity contribution in [3.05, 3.63) is 94.8 Å². The maximum Gasteiger partial charge on any atom is 0.344 e. The maximum atomic E-state index is 12.5. The van der Waals surface area contributed by atoms with Gasteiger partial charge >= 0.3 is 11.6 Å². The van der Waals surface area contributed by atoms with Crippen molar-refractivity contribution in [2.45, 2.75) is 6.42 Å². The highest BCUT2D eigenvalue weighted by atomic mass is 16.5. The van der Waals surface area contributed by atoms with Gasteiger partial charge in [0.25, 0.3) is 0 Å². The Morgan fingerprint density at radius 2 is 1.62 bits per heavy atom. The lowest BCUT2D eigenvalue weighted by Crippen LogP contribution is -2.11. The van der Waals surface area contributed by atoms with Crippen molar-refractivity contribution in [2.75, 3.05) is 7.11 Å². The van der Waals surface area contributed by atoms with E-state index in [9.17, 15) is 9.59 Å². The molecular weight excluding hydrogens is 368 g/mol. The van der Waals surface area contributed by atoms with Gasteiger partial charge in [-0.3, -0.25) is 4.79 Å². The Morgan fingerprint density at radius 3 is 2.34 bits per heavy atom. The van der Waals surface area contributed by atoms with Gasteiger partial charge in [-0.1, -0.05) is 42.5 Å². The van der Waals surface area contributed by atoms with Crippen molar-refractivity contribution in [3.8, 4) is 22.6 Å². The second-order valence-corrected chi connectivity index (χ2v) is 6.51. The summed E-state index contributed by atoms with van der Waals surface area (Å²) >= 11 is 0. The Morgan fingerprint density at radius 1 is 0.897 bits per heavy atom. The molecular formula is C24H18O5. The van der Waals surface area contributed by atoms with Crippen LogP contribution in [0.25, 0.3) is 22.1 Å². The van der Waals surface area contributed by atoms with E-state index < -0.39 is 5.63 Å². The average molecular weight is 386 g/mol. The monoisotopic (exact) mass is 386 g/mol. The van der Waals surface area contributed by atoms with Crippen LogP contribution in [0.4, 0.5) is 0 Å². The standard InChI is InChI=1S/C24H18O5/c1-27-19-10-7-17(8-11-19)21-14-18-9-12-20(15-22(18)29-24(21)26)28-23(25)13-16-5-3-2-4-6-16/h2-12,14-15H,13H2,1H3. The smallest absolute Gasteiger partial charge is 0.344 e. The van der Waals surface area contributed by atoms with Gasteiger partial charge in [-0.05, 0) is 41.5 Å². The van der Waals surface area contributed by atoms with Crippen LogP contribution in [0.5, 0.6) is 11.5 Å². The summed E-state index contributed by atoms with van der Waals surface area (Å²) in [4.78, 5) is 24.6. The molecule has 4 rings (SSSR count). The van der Waals surface area contributed by atoms with E-state index in [1.54, 1.807) is 55.6 Å². The molecule has 0 aliphatic rings. The largest absolute Gasteiger partial charge is 0.497 e. The fourth-order valence-electron chi connectivity index (χ4n) is 3.06. The quantitative estimate of drug-likeness (QED) is 0.285. The van der Waals surface area contributed by atoms with Gasteiger partial charge in [-0.15, -0.1) is 0 Å². The van der Waals surface area contributed by atoms with E-state index in [1.807, 2.05) is 30.3 Å². The molecule has 29 heavy (non-hydrogen) atoms. The van der Waals surface area contributed by atoms with Gasteiger partial charge in [-0.25, -0.2) is 4.79 Å². The summed E-state index contributed by atoms with van der Waals surface area (Å²) < 4.78 is 16.0. The summed E-state index contributed by atoms with van der Waals surface area (Å²) in [6, 6.07) is 23.3. The number of esters is 1. The van der Waals surface area contributed by atoms with Gasteiger partial charge in [0.15, 0.2) is 0 Å². The first kappa shape index (κ1) is 18.5. The molecule has 0 N–H and O–H groups in total. The molecule has 0 atom stereocenters. The van der Waals surface area contributed by atoms with Crippen molar-refractivity contribution < 1.29 is 18.7 Å². The SMILES string of the molecule is COc1ccc(-c2cc3ccc(OC(=O)Cc4ccccc4)cc3oc2=O)cc1. The number of hydrogen-bond acceptors (Lipinski definition) is 5. The van der Waals surface area contributed by atoms with E-state index in [4.69, 9.17) is 13.9 Å². The molecule has 0 spiro atoms. The van der Waals surface area contributed by atoms with Gasteiger partial charge < -0.3 is 13.9 Å². The summed E-state index contributed by atoms with van der Waals surface area (Å²) in [5.41, 5.74) is 1.95. The van der Waals surface area contributed by atoms with Gasteiger partial charge in [0.05, 0.1) is 19.1 Å². The third-order valence-electron chi connectivity index (χ3n) is 4.53. The predicted octanol–water partition coefficient (Wildman–Crippen LogP) is 4.62. The molecule has 144 valence electrons. The van der Waals surface area contributed by atoms with Crippen LogP contribution < -0.4 is 15.1 Å². The Kier molecular flexibility index (Phi) is 5.12. The molecule has 0 unspecified atom stereocenters. The molecule has 3 aromatic carbocycles. The molecule has 1 heterocycles. The van der Waals surface area contributed by atoms with Crippen molar-refractivity contribution in [1.82, 2.24) is 0 Å². The molecule has 0 aliphatic carbocycles. The molecule has 1 aromatic heterocycles. The van der Waals surface area contributed by atoms with Crippen LogP contribution in [-0.2, 0) is 11.2 Å². The summed E-state index contributed by atoms with van der Waals surface area (Å²) in [7, 11) is 1.59. The zero-order valence-corrected chi connectivity index (χ0v) is 15.8. The van der Waals surface area contributed by atoms with Gasteiger partial charge in [0.1, 0.15) is 17.1 Å². The summed E-state index contributed by atoms with van der Waals surface area (Å²) in [6.07, 6.45) is 0.166. The predicted molar refractivity (Wildman–Crippen MR) is 110 cm³/mol. The van der Waals surface area contributed by atoms with Gasteiger partial charge in [0, 0.05) is 11.5 Å². The Bertz CT molecular complexity index is 1210. The van der Waals surface area contributed by atoms with E-state index in [-0.39, 0.29) is 12.4 Å². The number of carbonyl (C=O) groups excluding carboxylic acids is 1. The second kappa shape index (κ2) is 8.02. The van der Waals surface area contributed by atoms with Crippen LogP contribution >= 0.6 is 0 Å². The third-order valence-corrected chi connectivity index (χ3v) is 4.53. The van der Waals surface area contributed by atoms with Crippen LogP contribution in [-0.4, -0.2) is 13.1 Å². The minimum absolute atomic E-state index is 0.166. The van der Waals surface area contributed by atoms with Crippen LogP contribution in [0.2, 0.25) is 0 Å². The van der Waals surface area contributed by atoms with E-state index in [1.165, 1.54) is 0 Å². The summed E-state index contributed by atoms with van der Waals surface area (Å²) in [5.74, 6) is 0.660. The Hall–Kier alpha value is -3.86. The number of rotatable bonds is 5. The third kappa shape index (κ3) is 4.19. The van der Waals surface area contributed by atoms with E-state index in [0.717, 1.165) is 16.5 Å². The van der Waals surface area contributed by atoms with Crippen LogP contribution in [0.1, 0.15) is 5.56 Å². The number of ether oxygens (including phenoxy) is 2. The molecule has 0 bridgehead atoms. The number of hydrogen-bond donors (Lipinski definition) is 0. The normalized spacial score (nSPS) is 10.7. The average Bonchev–Trinajstić information content (AvgIpc) is 2.74. The highest BCUT2D eigenvalue weighted by molar-refractivity contribution is 5.84. The lowest BCUT2D eigenvalue weighted by molar-refractivity contribution is -0.133. The molecule has 5 heteroatoms. The fraction of sp³-hybridized carbons (Fsp3) is 0.0833. The topological polar surface area (TPSA) is 65.7 Å². The summed E-state index contributed by atoms with van der Waals surface area (Å²) in [6.45, 7) is 0. The van der Waals surface area contributed by atoms with Crippen molar-refractivity contribution in [1.29, 1.82) is 0 Å². The molecule has 0 amide bonds. The lowest BCUT2D eigenvalue weighted by Gasteiger charge is -2.07. The van der Waals surface area contributed by atoms with Crippen molar-refractivity contribution in [2.24, 2.45) is 0 Å². The number of methoxy groups -OCH3 is 1. The highest BCUT2D eigenvalue weighted by Crippen LogP contribution is 2.26. The molecule has 0 fully saturated rings. The highest BCUT2D eigenvalue weighted by Gasteiger charge is 2.11. The fourth-order valence-corrected chi connectivity index (χ4v) is 3.06. The van der Waals surface area contributed by atoms with Crippen LogP contribution in [0.3, 0.4) is 0 Å². The maximum absolute atomic E-state index is 12.5. The molecule has 5 nitrogen and oxygen atoms in total. The Labute approximate surface area is 167 Å².